The lowest BCUT2D eigenvalue weighted by Gasteiger charge is -2.22. The van der Waals surface area contributed by atoms with E-state index in [0.29, 0.717) is 22.2 Å². The molecule has 25 heavy (non-hydrogen) atoms. The smallest absolute Gasteiger partial charge is 0.410 e. The summed E-state index contributed by atoms with van der Waals surface area (Å²) in [6, 6.07) is 7.18. The highest BCUT2D eigenvalue weighted by atomic mass is 35.5. The van der Waals surface area contributed by atoms with E-state index in [-0.39, 0.29) is 5.82 Å². The number of carboxylic acid groups (broad SMARTS) is 1. The Bertz CT molecular complexity index is 750. The fourth-order valence-corrected chi connectivity index (χ4v) is 2.90. The molecule has 0 radical (unpaired) electrons. The first-order valence-corrected chi connectivity index (χ1v) is 8.44. The number of carbonyl (C=O) groups is 1. The summed E-state index contributed by atoms with van der Waals surface area (Å²) in [4.78, 5) is 19.3. The molecule has 0 atom stereocenters. The monoisotopic (exact) mass is 362 g/mol. The minimum Gasteiger partial charge on any atom is -0.465 e. The molecule has 1 amide bonds. The second-order valence-electron chi connectivity index (χ2n) is 5.82. The summed E-state index contributed by atoms with van der Waals surface area (Å²) in [5, 5.41) is 14.8. The predicted molar refractivity (Wildman–Crippen MR) is 96.2 cm³/mol. The maximum Gasteiger partial charge on any atom is 0.410 e. The molecule has 2 aromatic rings. The number of rotatable bonds is 5. The van der Waals surface area contributed by atoms with E-state index in [1.807, 2.05) is 18.2 Å². The number of halogens is 1. The fourth-order valence-electron chi connectivity index (χ4n) is 2.70. The van der Waals surface area contributed by atoms with Gasteiger partial charge in [-0.1, -0.05) is 17.7 Å². The molecule has 0 spiro atoms. The first-order valence-electron chi connectivity index (χ1n) is 8.06. The van der Waals surface area contributed by atoms with E-state index >= 15 is 0 Å². The molecule has 0 bridgehead atoms. The van der Waals surface area contributed by atoms with Gasteiger partial charge in [0.2, 0.25) is 0 Å². The molecule has 1 aliphatic rings. The van der Waals surface area contributed by atoms with Crippen LogP contribution in [-0.2, 0) is 4.74 Å². The van der Waals surface area contributed by atoms with E-state index in [1.54, 1.807) is 6.07 Å². The molecule has 8 heteroatoms. The van der Waals surface area contributed by atoms with Crippen molar-refractivity contribution in [1.29, 1.82) is 0 Å². The molecule has 1 aliphatic heterocycles. The zero-order chi connectivity index (χ0) is 17.6. The van der Waals surface area contributed by atoms with E-state index < -0.39 is 6.09 Å². The van der Waals surface area contributed by atoms with Crippen molar-refractivity contribution < 1.29 is 14.6 Å². The fraction of sp³-hybridized carbons (Fsp3) is 0.353. The topological polar surface area (TPSA) is 96.4 Å². The van der Waals surface area contributed by atoms with E-state index in [0.717, 1.165) is 38.4 Å². The molecule has 7 nitrogen and oxygen atoms in total. The molecule has 1 fully saturated rings. The third-order valence-corrected chi connectivity index (χ3v) is 4.33. The SMILES string of the molecule is O=C(O)Nc1cc(-c2cccc(NCC3CCOCC3)n2)c(Cl)cn1. The van der Waals surface area contributed by atoms with Crippen LogP contribution in [0, 0.1) is 5.92 Å². The van der Waals surface area contributed by atoms with Crippen molar-refractivity contribution in [3.63, 3.8) is 0 Å². The predicted octanol–water partition coefficient (Wildman–Crippen LogP) is 3.73. The Kier molecular flexibility index (Phi) is 5.67. The van der Waals surface area contributed by atoms with Gasteiger partial charge in [0.25, 0.3) is 0 Å². The molecule has 2 aromatic heterocycles. The maximum absolute atomic E-state index is 10.8. The Hall–Kier alpha value is -2.38. The van der Waals surface area contributed by atoms with Crippen LogP contribution in [0.25, 0.3) is 11.3 Å². The number of hydrogen-bond acceptors (Lipinski definition) is 5. The summed E-state index contributed by atoms with van der Waals surface area (Å²) in [5.41, 5.74) is 1.27. The number of aromatic nitrogens is 2. The van der Waals surface area contributed by atoms with E-state index in [9.17, 15) is 4.79 Å². The number of ether oxygens (including phenoxy) is 1. The average Bonchev–Trinajstić information content (AvgIpc) is 2.62. The molecule has 0 aromatic carbocycles. The van der Waals surface area contributed by atoms with Gasteiger partial charge >= 0.3 is 6.09 Å². The van der Waals surface area contributed by atoms with Crippen molar-refractivity contribution in [2.75, 3.05) is 30.4 Å². The highest BCUT2D eigenvalue weighted by Gasteiger charge is 2.14. The van der Waals surface area contributed by atoms with Crippen molar-refractivity contribution in [3.05, 3.63) is 35.5 Å². The summed E-state index contributed by atoms with van der Waals surface area (Å²) in [5.74, 6) is 1.54. The third kappa shape index (κ3) is 4.80. The van der Waals surface area contributed by atoms with E-state index in [1.165, 1.54) is 6.20 Å². The summed E-state index contributed by atoms with van der Waals surface area (Å²) in [6.07, 6.45) is 2.33. The molecule has 1 saturated heterocycles. The molecular formula is C17H19ClN4O3. The van der Waals surface area contributed by atoms with Crippen molar-refractivity contribution >= 4 is 29.3 Å². The van der Waals surface area contributed by atoms with Crippen LogP contribution in [0.15, 0.2) is 30.5 Å². The molecule has 3 N–H and O–H groups in total. The van der Waals surface area contributed by atoms with Crippen LogP contribution in [0.5, 0.6) is 0 Å². The number of amides is 1. The summed E-state index contributed by atoms with van der Waals surface area (Å²) >= 11 is 6.21. The van der Waals surface area contributed by atoms with Crippen molar-refractivity contribution in [2.24, 2.45) is 5.92 Å². The van der Waals surface area contributed by atoms with Crippen molar-refractivity contribution in [2.45, 2.75) is 12.8 Å². The van der Waals surface area contributed by atoms with Gasteiger partial charge in [0.1, 0.15) is 11.6 Å². The zero-order valence-electron chi connectivity index (χ0n) is 13.5. The van der Waals surface area contributed by atoms with Crippen molar-refractivity contribution in [1.82, 2.24) is 9.97 Å². The highest BCUT2D eigenvalue weighted by Crippen LogP contribution is 2.28. The molecule has 3 rings (SSSR count). The standard InChI is InChI=1S/C17H19ClN4O3/c18-13-10-20-16(22-17(23)24)8-12(13)14-2-1-3-15(21-14)19-9-11-4-6-25-7-5-11/h1-3,8,10-11H,4-7,9H2,(H,19,21)(H,20,22)(H,23,24). The third-order valence-electron chi connectivity index (χ3n) is 4.03. The average molecular weight is 363 g/mol. The van der Waals surface area contributed by atoms with Gasteiger partial charge in [0.15, 0.2) is 0 Å². The van der Waals surface area contributed by atoms with Crippen LogP contribution >= 0.6 is 11.6 Å². The normalized spacial score (nSPS) is 14.9. The highest BCUT2D eigenvalue weighted by molar-refractivity contribution is 6.33. The number of anilines is 2. The minimum absolute atomic E-state index is 0.203. The van der Waals surface area contributed by atoms with Gasteiger partial charge in [-0.3, -0.25) is 5.32 Å². The molecule has 0 aliphatic carbocycles. The van der Waals surface area contributed by atoms with Crippen LogP contribution < -0.4 is 10.6 Å². The van der Waals surface area contributed by atoms with E-state index in [4.69, 9.17) is 21.4 Å². The molecule has 0 unspecified atom stereocenters. The summed E-state index contributed by atoms with van der Waals surface area (Å²) in [7, 11) is 0. The lowest BCUT2D eigenvalue weighted by molar-refractivity contribution is 0.0699. The quantitative estimate of drug-likeness (QED) is 0.750. The van der Waals surface area contributed by atoms with Gasteiger partial charge in [-0.05, 0) is 37.0 Å². The first-order chi connectivity index (χ1) is 12.1. The Morgan fingerprint density at radius 2 is 2.12 bits per heavy atom. The Labute approximate surface area is 150 Å². The number of pyridine rings is 2. The van der Waals surface area contributed by atoms with Crippen LogP contribution in [0.4, 0.5) is 16.4 Å². The zero-order valence-corrected chi connectivity index (χ0v) is 14.3. The molecule has 3 heterocycles. The van der Waals surface area contributed by atoms with Crippen LogP contribution in [0.1, 0.15) is 12.8 Å². The lowest BCUT2D eigenvalue weighted by Crippen LogP contribution is -2.22. The summed E-state index contributed by atoms with van der Waals surface area (Å²) < 4.78 is 5.37. The lowest BCUT2D eigenvalue weighted by atomic mass is 10.0. The van der Waals surface area contributed by atoms with Gasteiger partial charge in [-0.25, -0.2) is 14.8 Å². The summed E-state index contributed by atoms with van der Waals surface area (Å²) in [6.45, 7) is 2.47. The Morgan fingerprint density at radius 1 is 1.32 bits per heavy atom. The van der Waals surface area contributed by atoms with Gasteiger partial charge in [-0.15, -0.1) is 0 Å². The van der Waals surface area contributed by atoms with Gasteiger partial charge < -0.3 is 15.2 Å². The number of nitrogens with zero attached hydrogens (tertiary/aromatic N) is 2. The molecular weight excluding hydrogens is 344 g/mol. The molecule has 0 saturated carbocycles. The van der Waals surface area contributed by atoms with Crippen LogP contribution in [0.3, 0.4) is 0 Å². The van der Waals surface area contributed by atoms with Crippen LogP contribution in [0.2, 0.25) is 5.02 Å². The first kappa shape index (κ1) is 17.4. The largest absolute Gasteiger partial charge is 0.465 e. The Balaban J connectivity index is 1.75. The van der Waals surface area contributed by atoms with Gasteiger partial charge in [0.05, 0.1) is 10.7 Å². The second kappa shape index (κ2) is 8.13. The van der Waals surface area contributed by atoms with Crippen LogP contribution in [-0.4, -0.2) is 40.9 Å². The van der Waals surface area contributed by atoms with Gasteiger partial charge in [0, 0.05) is 31.5 Å². The van der Waals surface area contributed by atoms with Gasteiger partial charge in [-0.2, -0.15) is 0 Å². The second-order valence-corrected chi connectivity index (χ2v) is 6.23. The maximum atomic E-state index is 10.8. The number of hydrogen-bond donors (Lipinski definition) is 3. The molecule has 132 valence electrons. The minimum atomic E-state index is -1.18. The number of nitrogens with one attached hydrogen (secondary N) is 2. The van der Waals surface area contributed by atoms with E-state index in [2.05, 4.69) is 20.6 Å². The Morgan fingerprint density at radius 3 is 2.88 bits per heavy atom. The van der Waals surface area contributed by atoms with Crippen molar-refractivity contribution in [3.8, 4) is 11.3 Å².